The second kappa shape index (κ2) is 5.69. The van der Waals surface area contributed by atoms with E-state index in [1.54, 1.807) is 6.07 Å². The fourth-order valence-corrected chi connectivity index (χ4v) is 2.35. The molecule has 2 atom stereocenters. The predicted octanol–water partition coefficient (Wildman–Crippen LogP) is 3.25. The van der Waals surface area contributed by atoms with Crippen molar-refractivity contribution in [2.45, 2.75) is 25.9 Å². The maximum atomic E-state index is 13.3. The molecule has 0 amide bonds. The summed E-state index contributed by atoms with van der Waals surface area (Å²) in [5.41, 5.74) is 0. The maximum absolute atomic E-state index is 13.3. The summed E-state index contributed by atoms with van der Waals surface area (Å²) < 4.78 is 19.1. The van der Waals surface area contributed by atoms with E-state index in [9.17, 15) is 4.39 Å². The second-order valence-electron chi connectivity index (χ2n) is 4.39. The van der Waals surface area contributed by atoms with E-state index < -0.39 is 5.82 Å². The first-order valence-electron chi connectivity index (χ1n) is 6.03. The van der Waals surface area contributed by atoms with Crippen molar-refractivity contribution in [3.05, 3.63) is 29.0 Å². The van der Waals surface area contributed by atoms with Gasteiger partial charge in [-0.1, -0.05) is 18.5 Å². The molecule has 1 aromatic carbocycles. The van der Waals surface area contributed by atoms with Crippen LogP contribution in [0.4, 0.5) is 4.39 Å². The van der Waals surface area contributed by atoms with Crippen LogP contribution in [0.15, 0.2) is 18.2 Å². The highest BCUT2D eigenvalue weighted by Gasteiger charge is 2.25. The van der Waals surface area contributed by atoms with E-state index in [1.807, 2.05) is 0 Å². The molecule has 94 valence electrons. The normalized spacial score (nSPS) is 21.5. The Morgan fingerprint density at radius 3 is 3.00 bits per heavy atom. The zero-order valence-electron chi connectivity index (χ0n) is 9.88. The van der Waals surface area contributed by atoms with Crippen LogP contribution >= 0.6 is 11.6 Å². The van der Waals surface area contributed by atoms with E-state index in [1.165, 1.54) is 12.1 Å². The summed E-state index contributed by atoms with van der Waals surface area (Å²) in [6.45, 7) is 4.11. The first-order chi connectivity index (χ1) is 8.20. The fraction of sp³-hybridized carbons (Fsp3) is 0.538. The Bertz CT molecular complexity index is 380. The summed E-state index contributed by atoms with van der Waals surface area (Å²) in [4.78, 5) is 0. The van der Waals surface area contributed by atoms with Crippen molar-refractivity contribution in [1.82, 2.24) is 5.32 Å². The van der Waals surface area contributed by atoms with E-state index in [0.717, 1.165) is 25.9 Å². The first kappa shape index (κ1) is 12.7. The van der Waals surface area contributed by atoms with Gasteiger partial charge in [-0.2, -0.15) is 0 Å². The van der Waals surface area contributed by atoms with E-state index in [4.69, 9.17) is 16.3 Å². The second-order valence-corrected chi connectivity index (χ2v) is 4.80. The van der Waals surface area contributed by atoms with Gasteiger partial charge < -0.3 is 10.1 Å². The number of hydrogen-bond acceptors (Lipinski definition) is 2. The highest BCUT2D eigenvalue weighted by molar-refractivity contribution is 6.30. The number of benzene rings is 1. The lowest BCUT2D eigenvalue weighted by molar-refractivity contribution is 0.138. The number of rotatable bonds is 4. The van der Waals surface area contributed by atoms with Crippen molar-refractivity contribution in [2.24, 2.45) is 5.92 Å². The number of ether oxygens (including phenoxy) is 1. The molecule has 0 saturated carbocycles. The largest absolute Gasteiger partial charge is 0.490 e. The third kappa shape index (κ3) is 3.11. The van der Waals surface area contributed by atoms with Crippen LogP contribution in [0.5, 0.6) is 5.75 Å². The molecule has 2 nitrogen and oxygen atoms in total. The molecule has 1 aromatic rings. The summed E-state index contributed by atoms with van der Waals surface area (Å²) in [6.07, 6.45) is 2.19. The number of halogens is 2. The minimum atomic E-state index is -0.427. The van der Waals surface area contributed by atoms with Crippen LogP contribution in [-0.2, 0) is 0 Å². The topological polar surface area (TPSA) is 21.3 Å². The smallest absolute Gasteiger partial charge is 0.145 e. The monoisotopic (exact) mass is 257 g/mol. The molecule has 0 spiro atoms. The molecule has 2 rings (SSSR count). The Balaban J connectivity index is 2.04. The maximum Gasteiger partial charge on any atom is 0.145 e. The molecule has 0 aliphatic carbocycles. The fourth-order valence-electron chi connectivity index (χ4n) is 2.23. The van der Waals surface area contributed by atoms with Crippen LogP contribution in [0.3, 0.4) is 0 Å². The van der Waals surface area contributed by atoms with Crippen LogP contribution in [0.1, 0.15) is 19.8 Å². The molecule has 1 unspecified atom stereocenters. The van der Waals surface area contributed by atoms with Gasteiger partial charge >= 0.3 is 0 Å². The Kier molecular flexibility index (Phi) is 4.24. The quantitative estimate of drug-likeness (QED) is 0.894. The number of nitrogens with one attached hydrogen (secondary N) is 1. The third-order valence-corrected chi connectivity index (χ3v) is 3.51. The zero-order valence-corrected chi connectivity index (χ0v) is 10.6. The molecule has 1 aliphatic heterocycles. The van der Waals surface area contributed by atoms with Gasteiger partial charge in [-0.25, -0.2) is 4.39 Å². The lowest BCUT2D eigenvalue weighted by Gasteiger charge is -2.23. The van der Waals surface area contributed by atoms with Gasteiger partial charge in [0.25, 0.3) is 0 Å². The van der Waals surface area contributed by atoms with Crippen molar-refractivity contribution in [3.8, 4) is 5.75 Å². The van der Waals surface area contributed by atoms with Gasteiger partial charge in [0.15, 0.2) is 0 Å². The van der Waals surface area contributed by atoms with Crippen molar-refractivity contribution in [1.29, 1.82) is 0 Å². The molecule has 1 fully saturated rings. The standard InChI is InChI=1S/C13H17ClFNO/c1-2-13(9-5-6-16-8-9)17-10-3-4-11(14)12(15)7-10/h3-4,7,9,13,16H,2,5-6,8H2,1H3/t9?,13-/m1/s1. The van der Waals surface area contributed by atoms with E-state index in [0.29, 0.717) is 11.7 Å². The van der Waals surface area contributed by atoms with Crippen molar-refractivity contribution >= 4 is 11.6 Å². The average Bonchev–Trinajstić information content (AvgIpc) is 2.84. The lowest BCUT2D eigenvalue weighted by atomic mass is 9.99. The lowest BCUT2D eigenvalue weighted by Crippen LogP contribution is -2.28. The first-order valence-corrected chi connectivity index (χ1v) is 6.41. The van der Waals surface area contributed by atoms with E-state index in [-0.39, 0.29) is 11.1 Å². The molecule has 17 heavy (non-hydrogen) atoms. The average molecular weight is 258 g/mol. The summed E-state index contributed by atoms with van der Waals surface area (Å²) in [7, 11) is 0. The molecule has 4 heteroatoms. The summed E-state index contributed by atoms with van der Waals surface area (Å²) >= 11 is 5.64. The van der Waals surface area contributed by atoms with Crippen LogP contribution < -0.4 is 10.1 Å². The van der Waals surface area contributed by atoms with Crippen LogP contribution in [-0.4, -0.2) is 19.2 Å². The zero-order chi connectivity index (χ0) is 12.3. The van der Waals surface area contributed by atoms with Gasteiger partial charge in [-0.15, -0.1) is 0 Å². The van der Waals surface area contributed by atoms with Gasteiger partial charge in [0.05, 0.1) is 5.02 Å². The van der Waals surface area contributed by atoms with Gasteiger partial charge in [0.2, 0.25) is 0 Å². The van der Waals surface area contributed by atoms with Crippen molar-refractivity contribution < 1.29 is 9.13 Å². The molecular formula is C13H17ClFNO. The molecule has 1 N–H and O–H groups in total. The molecule has 1 aliphatic rings. The highest BCUT2D eigenvalue weighted by Crippen LogP contribution is 2.25. The summed E-state index contributed by atoms with van der Waals surface area (Å²) in [5.74, 6) is 0.646. The minimum Gasteiger partial charge on any atom is -0.490 e. The Hall–Kier alpha value is -0.800. The van der Waals surface area contributed by atoms with Gasteiger partial charge in [0, 0.05) is 18.5 Å². The molecular weight excluding hydrogens is 241 g/mol. The van der Waals surface area contributed by atoms with Gasteiger partial charge in [-0.05, 0) is 31.5 Å². The Morgan fingerprint density at radius 1 is 1.59 bits per heavy atom. The van der Waals surface area contributed by atoms with Crippen LogP contribution in [0.2, 0.25) is 5.02 Å². The summed E-state index contributed by atoms with van der Waals surface area (Å²) in [5, 5.41) is 3.45. The Labute approximate surface area is 106 Å². The van der Waals surface area contributed by atoms with Gasteiger partial charge in [0.1, 0.15) is 17.7 Å². The molecule has 1 saturated heterocycles. The third-order valence-electron chi connectivity index (χ3n) is 3.21. The molecule has 0 bridgehead atoms. The van der Waals surface area contributed by atoms with E-state index in [2.05, 4.69) is 12.2 Å². The molecule has 0 aromatic heterocycles. The minimum absolute atomic E-state index is 0.132. The van der Waals surface area contributed by atoms with Crippen LogP contribution in [0.25, 0.3) is 0 Å². The predicted molar refractivity (Wildman–Crippen MR) is 67.1 cm³/mol. The van der Waals surface area contributed by atoms with Gasteiger partial charge in [-0.3, -0.25) is 0 Å². The highest BCUT2D eigenvalue weighted by atomic mass is 35.5. The number of hydrogen-bond donors (Lipinski definition) is 1. The Morgan fingerprint density at radius 2 is 2.41 bits per heavy atom. The van der Waals surface area contributed by atoms with Crippen molar-refractivity contribution in [2.75, 3.05) is 13.1 Å². The van der Waals surface area contributed by atoms with E-state index >= 15 is 0 Å². The summed E-state index contributed by atoms with van der Waals surface area (Å²) in [6, 6.07) is 4.61. The molecule has 1 heterocycles. The molecule has 0 radical (unpaired) electrons. The van der Waals surface area contributed by atoms with Crippen LogP contribution in [0, 0.1) is 11.7 Å². The van der Waals surface area contributed by atoms with Crippen molar-refractivity contribution in [3.63, 3.8) is 0 Å². The SMILES string of the molecule is CC[C@@H](Oc1ccc(Cl)c(F)c1)C1CCNC1.